The highest BCUT2D eigenvalue weighted by atomic mass is 16.5. The van der Waals surface area contributed by atoms with Gasteiger partial charge < -0.3 is 15.8 Å². The number of benzene rings is 1. The summed E-state index contributed by atoms with van der Waals surface area (Å²) < 4.78 is 5.52. The highest BCUT2D eigenvalue weighted by Crippen LogP contribution is 2.17. The lowest BCUT2D eigenvalue weighted by Crippen LogP contribution is -2.31. The van der Waals surface area contributed by atoms with Gasteiger partial charge in [-0.15, -0.1) is 0 Å². The van der Waals surface area contributed by atoms with Crippen molar-refractivity contribution in [2.24, 2.45) is 5.73 Å². The summed E-state index contributed by atoms with van der Waals surface area (Å²) in [6.07, 6.45) is 3.43. The number of nitrogens with one attached hydrogen (secondary N) is 1. The van der Waals surface area contributed by atoms with Crippen LogP contribution in [0.5, 0.6) is 5.75 Å². The number of pyridine rings is 1. The second kappa shape index (κ2) is 7.40. The van der Waals surface area contributed by atoms with Crippen molar-refractivity contribution in [3.63, 3.8) is 0 Å². The van der Waals surface area contributed by atoms with Crippen LogP contribution in [0.3, 0.4) is 0 Å². The molecule has 5 nitrogen and oxygen atoms in total. The van der Waals surface area contributed by atoms with Gasteiger partial charge in [-0.1, -0.05) is 24.3 Å². The summed E-state index contributed by atoms with van der Waals surface area (Å²) in [5.41, 5.74) is 7.46. The molecule has 3 N–H and O–H groups in total. The van der Waals surface area contributed by atoms with Gasteiger partial charge in [0.05, 0.1) is 6.04 Å². The molecule has 0 spiro atoms. The van der Waals surface area contributed by atoms with Crippen LogP contribution in [-0.4, -0.2) is 17.5 Å². The van der Waals surface area contributed by atoms with E-state index >= 15 is 0 Å². The largest absolute Gasteiger partial charge is 0.483 e. The van der Waals surface area contributed by atoms with Crippen molar-refractivity contribution in [2.45, 2.75) is 19.5 Å². The average Bonchev–Trinajstić information content (AvgIpc) is 2.54. The van der Waals surface area contributed by atoms with Crippen LogP contribution in [0.2, 0.25) is 0 Å². The van der Waals surface area contributed by atoms with Crippen LogP contribution in [0.15, 0.2) is 48.8 Å². The molecule has 0 aliphatic carbocycles. The minimum Gasteiger partial charge on any atom is -0.483 e. The van der Waals surface area contributed by atoms with Gasteiger partial charge in [-0.3, -0.25) is 9.78 Å². The Morgan fingerprint density at radius 3 is 2.86 bits per heavy atom. The van der Waals surface area contributed by atoms with E-state index in [1.807, 2.05) is 37.3 Å². The number of ether oxygens (including phenoxy) is 1. The lowest BCUT2D eigenvalue weighted by molar-refractivity contribution is -0.123. The summed E-state index contributed by atoms with van der Waals surface area (Å²) in [6.45, 7) is 2.24. The number of para-hydroxylation sites is 1. The number of amides is 1. The molecule has 2 aromatic rings. The summed E-state index contributed by atoms with van der Waals surface area (Å²) >= 11 is 0. The zero-order valence-corrected chi connectivity index (χ0v) is 12.0. The van der Waals surface area contributed by atoms with Gasteiger partial charge in [0.1, 0.15) is 5.75 Å². The smallest absolute Gasteiger partial charge is 0.258 e. The Morgan fingerprint density at radius 2 is 2.14 bits per heavy atom. The number of nitrogens with two attached hydrogens (primary N) is 1. The van der Waals surface area contributed by atoms with E-state index in [-0.39, 0.29) is 18.6 Å². The normalized spacial score (nSPS) is 11.7. The molecule has 0 saturated heterocycles. The second-order valence-corrected chi connectivity index (χ2v) is 4.68. The molecule has 1 aromatic heterocycles. The Bertz CT molecular complexity index is 587. The van der Waals surface area contributed by atoms with Gasteiger partial charge in [0, 0.05) is 24.5 Å². The van der Waals surface area contributed by atoms with Gasteiger partial charge in [0.2, 0.25) is 0 Å². The molecule has 0 fully saturated rings. The van der Waals surface area contributed by atoms with E-state index < -0.39 is 0 Å². The SMILES string of the molecule is CC(NC(=O)COc1ccccc1CN)c1cccnc1. The van der Waals surface area contributed by atoms with Gasteiger partial charge in [-0.05, 0) is 24.6 Å². The molecule has 0 radical (unpaired) electrons. The van der Waals surface area contributed by atoms with Crippen molar-refractivity contribution >= 4 is 5.91 Å². The summed E-state index contributed by atoms with van der Waals surface area (Å²) in [4.78, 5) is 15.9. The third kappa shape index (κ3) is 4.29. The molecule has 1 atom stereocenters. The molecule has 1 unspecified atom stereocenters. The van der Waals surface area contributed by atoms with E-state index in [4.69, 9.17) is 10.5 Å². The van der Waals surface area contributed by atoms with Crippen LogP contribution in [-0.2, 0) is 11.3 Å². The van der Waals surface area contributed by atoms with Gasteiger partial charge in [-0.2, -0.15) is 0 Å². The predicted molar refractivity (Wildman–Crippen MR) is 80.6 cm³/mol. The van der Waals surface area contributed by atoms with Gasteiger partial charge in [0.25, 0.3) is 5.91 Å². The molecule has 0 saturated carbocycles. The van der Waals surface area contributed by atoms with Crippen molar-refractivity contribution < 1.29 is 9.53 Å². The minimum atomic E-state index is -0.182. The van der Waals surface area contributed by atoms with Crippen LogP contribution >= 0.6 is 0 Å². The Labute approximate surface area is 124 Å². The molecule has 1 heterocycles. The second-order valence-electron chi connectivity index (χ2n) is 4.68. The Balaban J connectivity index is 1.88. The molecular formula is C16H19N3O2. The van der Waals surface area contributed by atoms with E-state index in [0.29, 0.717) is 12.3 Å². The Hall–Kier alpha value is -2.40. The van der Waals surface area contributed by atoms with Gasteiger partial charge in [-0.25, -0.2) is 0 Å². The number of carbonyl (C=O) groups is 1. The van der Waals surface area contributed by atoms with Gasteiger partial charge in [0.15, 0.2) is 6.61 Å². The first-order chi connectivity index (χ1) is 10.2. The molecule has 110 valence electrons. The number of carbonyl (C=O) groups excluding carboxylic acids is 1. The molecular weight excluding hydrogens is 266 g/mol. The fraction of sp³-hybridized carbons (Fsp3) is 0.250. The van der Waals surface area contributed by atoms with Crippen molar-refractivity contribution in [1.29, 1.82) is 0 Å². The summed E-state index contributed by atoms with van der Waals surface area (Å²) in [7, 11) is 0. The highest BCUT2D eigenvalue weighted by Gasteiger charge is 2.10. The van der Waals surface area contributed by atoms with E-state index in [1.165, 1.54) is 0 Å². The molecule has 1 amide bonds. The van der Waals surface area contributed by atoms with Crippen molar-refractivity contribution in [3.8, 4) is 5.75 Å². The fourth-order valence-corrected chi connectivity index (χ4v) is 1.96. The van der Waals surface area contributed by atoms with Crippen LogP contribution in [0.25, 0.3) is 0 Å². The number of aromatic nitrogens is 1. The summed E-state index contributed by atoms with van der Waals surface area (Å²) in [5.74, 6) is 0.461. The fourth-order valence-electron chi connectivity index (χ4n) is 1.96. The first-order valence-corrected chi connectivity index (χ1v) is 6.80. The first-order valence-electron chi connectivity index (χ1n) is 6.80. The quantitative estimate of drug-likeness (QED) is 0.848. The van der Waals surface area contributed by atoms with Crippen molar-refractivity contribution in [1.82, 2.24) is 10.3 Å². The molecule has 0 aliphatic heterocycles. The monoisotopic (exact) mass is 285 g/mol. The topological polar surface area (TPSA) is 77.2 Å². The molecule has 0 bridgehead atoms. The highest BCUT2D eigenvalue weighted by molar-refractivity contribution is 5.78. The lowest BCUT2D eigenvalue weighted by atomic mass is 10.1. The van der Waals surface area contributed by atoms with E-state index in [0.717, 1.165) is 11.1 Å². The molecule has 21 heavy (non-hydrogen) atoms. The Morgan fingerprint density at radius 1 is 1.33 bits per heavy atom. The molecule has 1 aromatic carbocycles. The number of nitrogens with zero attached hydrogens (tertiary/aromatic N) is 1. The van der Waals surface area contributed by atoms with Crippen LogP contribution in [0.1, 0.15) is 24.1 Å². The maximum atomic E-state index is 11.9. The number of rotatable bonds is 6. The van der Waals surface area contributed by atoms with Gasteiger partial charge >= 0.3 is 0 Å². The summed E-state index contributed by atoms with van der Waals surface area (Å²) in [6, 6.07) is 11.1. The number of hydrogen-bond donors (Lipinski definition) is 2. The van der Waals surface area contributed by atoms with E-state index in [9.17, 15) is 4.79 Å². The van der Waals surface area contributed by atoms with Crippen LogP contribution < -0.4 is 15.8 Å². The van der Waals surface area contributed by atoms with E-state index in [2.05, 4.69) is 10.3 Å². The zero-order chi connectivity index (χ0) is 15.1. The van der Waals surface area contributed by atoms with Crippen LogP contribution in [0.4, 0.5) is 0 Å². The molecule has 5 heteroatoms. The standard InChI is InChI=1S/C16H19N3O2/c1-12(14-6-4-8-18-10-14)19-16(20)11-21-15-7-3-2-5-13(15)9-17/h2-8,10,12H,9,11,17H2,1H3,(H,19,20). The minimum absolute atomic E-state index is 0.0401. The lowest BCUT2D eigenvalue weighted by Gasteiger charge is -2.15. The average molecular weight is 285 g/mol. The van der Waals surface area contributed by atoms with E-state index in [1.54, 1.807) is 18.5 Å². The number of hydrogen-bond acceptors (Lipinski definition) is 4. The predicted octanol–water partition coefficient (Wildman–Crippen LogP) is 1.80. The summed E-state index contributed by atoms with van der Waals surface area (Å²) in [5, 5.41) is 2.87. The molecule has 2 rings (SSSR count). The third-order valence-electron chi connectivity index (χ3n) is 3.11. The van der Waals surface area contributed by atoms with Crippen LogP contribution in [0, 0.1) is 0 Å². The zero-order valence-electron chi connectivity index (χ0n) is 12.0. The molecule has 0 aliphatic rings. The van der Waals surface area contributed by atoms with Crippen molar-refractivity contribution in [2.75, 3.05) is 6.61 Å². The maximum absolute atomic E-state index is 11.9. The van der Waals surface area contributed by atoms with Crippen molar-refractivity contribution in [3.05, 3.63) is 59.9 Å². The third-order valence-corrected chi connectivity index (χ3v) is 3.11. The maximum Gasteiger partial charge on any atom is 0.258 e. The Kier molecular flexibility index (Phi) is 5.29. The first kappa shape index (κ1) is 15.0.